The lowest BCUT2D eigenvalue weighted by Gasteiger charge is -2.27. The highest BCUT2D eigenvalue weighted by molar-refractivity contribution is 5.38. The van der Waals surface area contributed by atoms with Crippen molar-refractivity contribution in [3.05, 3.63) is 29.8 Å². The quantitative estimate of drug-likeness (QED) is 0.860. The molecule has 0 radical (unpaired) electrons. The van der Waals surface area contributed by atoms with Crippen LogP contribution in [0, 0.1) is 10.8 Å². The Morgan fingerprint density at radius 3 is 2.44 bits per heavy atom. The molecule has 1 aliphatic heterocycles. The van der Waals surface area contributed by atoms with Crippen LogP contribution in [0.4, 0.5) is 0 Å². The van der Waals surface area contributed by atoms with Gasteiger partial charge in [0.2, 0.25) is 0 Å². The van der Waals surface area contributed by atoms with Crippen LogP contribution in [-0.2, 0) is 0 Å². The van der Waals surface area contributed by atoms with E-state index in [4.69, 9.17) is 4.74 Å². The Labute approximate surface area is 110 Å². The van der Waals surface area contributed by atoms with Gasteiger partial charge in [-0.2, -0.15) is 0 Å². The summed E-state index contributed by atoms with van der Waals surface area (Å²) in [5.74, 6) is 1.05. The van der Waals surface area contributed by atoms with Crippen molar-refractivity contribution in [1.82, 2.24) is 5.32 Å². The highest BCUT2D eigenvalue weighted by atomic mass is 16.5. The van der Waals surface area contributed by atoms with Gasteiger partial charge in [-0.15, -0.1) is 0 Å². The average Bonchev–Trinajstić information content (AvgIpc) is 2.72. The van der Waals surface area contributed by atoms with Gasteiger partial charge < -0.3 is 10.1 Å². The first-order valence-corrected chi connectivity index (χ1v) is 6.92. The number of fused-ring (bicyclic) bond motifs is 1. The van der Waals surface area contributed by atoms with Crippen molar-refractivity contribution in [1.29, 1.82) is 0 Å². The molecule has 3 rings (SSSR count). The second kappa shape index (κ2) is 3.74. The number of benzene rings is 1. The van der Waals surface area contributed by atoms with E-state index in [-0.39, 0.29) is 0 Å². The van der Waals surface area contributed by atoms with Crippen LogP contribution < -0.4 is 10.1 Å². The van der Waals surface area contributed by atoms with Crippen LogP contribution >= 0.6 is 0 Å². The molecule has 0 spiro atoms. The van der Waals surface area contributed by atoms with E-state index < -0.39 is 0 Å². The molecule has 1 aromatic carbocycles. The van der Waals surface area contributed by atoms with Gasteiger partial charge in [0.05, 0.1) is 6.61 Å². The third-order valence-corrected chi connectivity index (χ3v) is 5.35. The Morgan fingerprint density at radius 2 is 1.78 bits per heavy atom. The summed E-state index contributed by atoms with van der Waals surface area (Å²) in [6, 6.07) is 9.46. The molecule has 0 bridgehead atoms. The molecular formula is C16H23NO. The SMILES string of the molecule is CC1(C)C(NC2CCOc3ccccc32)C1(C)C. The predicted molar refractivity (Wildman–Crippen MR) is 73.8 cm³/mol. The molecule has 2 aliphatic rings. The van der Waals surface area contributed by atoms with Crippen LogP contribution in [0.5, 0.6) is 5.75 Å². The second-order valence-electron chi connectivity index (χ2n) is 6.77. The maximum atomic E-state index is 5.72. The third-order valence-electron chi connectivity index (χ3n) is 5.35. The molecule has 98 valence electrons. The van der Waals surface area contributed by atoms with Crippen LogP contribution in [0.1, 0.15) is 45.7 Å². The summed E-state index contributed by atoms with van der Waals surface area (Å²) in [4.78, 5) is 0. The number of hydrogen-bond acceptors (Lipinski definition) is 2. The third kappa shape index (κ3) is 1.58. The van der Waals surface area contributed by atoms with E-state index in [0.717, 1.165) is 18.8 Å². The summed E-state index contributed by atoms with van der Waals surface area (Å²) >= 11 is 0. The summed E-state index contributed by atoms with van der Waals surface area (Å²) in [5, 5.41) is 3.85. The van der Waals surface area contributed by atoms with E-state index in [2.05, 4.69) is 51.2 Å². The highest BCUT2D eigenvalue weighted by Crippen LogP contribution is 2.63. The minimum atomic E-state index is 0.389. The first-order chi connectivity index (χ1) is 8.44. The number of nitrogens with one attached hydrogen (secondary N) is 1. The van der Waals surface area contributed by atoms with Crippen LogP contribution in [0.2, 0.25) is 0 Å². The molecule has 0 aromatic heterocycles. The van der Waals surface area contributed by atoms with Gasteiger partial charge in [0, 0.05) is 24.1 Å². The Kier molecular flexibility index (Phi) is 2.50. The van der Waals surface area contributed by atoms with Gasteiger partial charge in [0.25, 0.3) is 0 Å². The van der Waals surface area contributed by atoms with Gasteiger partial charge in [-0.1, -0.05) is 45.9 Å². The fourth-order valence-electron chi connectivity index (χ4n) is 3.33. The largest absolute Gasteiger partial charge is 0.493 e. The van der Waals surface area contributed by atoms with Crippen LogP contribution in [-0.4, -0.2) is 12.6 Å². The lowest BCUT2D eigenvalue weighted by Crippen LogP contribution is -2.31. The summed E-state index contributed by atoms with van der Waals surface area (Å²) < 4.78 is 5.72. The van der Waals surface area contributed by atoms with Gasteiger partial charge in [-0.3, -0.25) is 0 Å². The normalized spacial score (nSPS) is 28.3. The molecule has 1 aliphatic carbocycles. The highest BCUT2D eigenvalue weighted by Gasteiger charge is 2.65. The van der Waals surface area contributed by atoms with Gasteiger partial charge in [-0.05, 0) is 16.9 Å². The molecule has 18 heavy (non-hydrogen) atoms. The molecule has 0 saturated heterocycles. The van der Waals surface area contributed by atoms with Crippen molar-refractivity contribution in [3.8, 4) is 5.75 Å². The zero-order valence-corrected chi connectivity index (χ0v) is 11.8. The summed E-state index contributed by atoms with van der Waals surface area (Å²) in [5.41, 5.74) is 2.10. The molecule has 1 heterocycles. The van der Waals surface area contributed by atoms with Crippen molar-refractivity contribution in [2.75, 3.05) is 6.61 Å². The summed E-state index contributed by atoms with van der Waals surface area (Å²) in [7, 11) is 0. The molecule has 1 aromatic rings. The van der Waals surface area contributed by atoms with Crippen molar-refractivity contribution in [3.63, 3.8) is 0 Å². The van der Waals surface area contributed by atoms with Crippen LogP contribution in [0.15, 0.2) is 24.3 Å². The Bertz CT molecular complexity index is 450. The molecule has 1 atom stereocenters. The van der Waals surface area contributed by atoms with E-state index in [9.17, 15) is 0 Å². The lowest BCUT2D eigenvalue weighted by atomic mass is 10.00. The lowest BCUT2D eigenvalue weighted by molar-refractivity contribution is 0.248. The van der Waals surface area contributed by atoms with E-state index in [0.29, 0.717) is 22.9 Å². The number of ether oxygens (including phenoxy) is 1. The van der Waals surface area contributed by atoms with Crippen molar-refractivity contribution in [2.24, 2.45) is 10.8 Å². The maximum absolute atomic E-state index is 5.72. The fraction of sp³-hybridized carbons (Fsp3) is 0.625. The fourth-order valence-corrected chi connectivity index (χ4v) is 3.33. The summed E-state index contributed by atoms with van der Waals surface area (Å²) in [6.07, 6.45) is 1.07. The van der Waals surface area contributed by atoms with Crippen molar-refractivity contribution >= 4 is 0 Å². The molecule has 1 N–H and O–H groups in total. The topological polar surface area (TPSA) is 21.3 Å². The minimum Gasteiger partial charge on any atom is -0.493 e. The van der Waals surface area contributed by atoms with E-state index in [1.807, 2.05) is 6.07 Å². The first kappa shape index (κ1) is 12.0. The van der Waals surface area contributed by atoms with E-state index in [1.165, 1.54) is 5.56 Å². The standard InChI is InChI=1S/C16H23NO/c1-15(2)14(16(15,3)4)17-12-9-10-18-13-8-6-5-7-11(12)13/h5-8,12,14,17H,9-10H2,1-4H3. The van der Waals surface area contributed by atoms with Gasteiger partial charge in [0.1, 0.15) is 5.75 Å². The Balaban J connectivity index is 1.80. The Hall–Kier alpha value is -1.02. The van der Waals surface area contributed by atoms with Crippen molar-refractivity contribution in [2.45, 2.75) is 46.2 Å². The number of para-hydroxylation sites is 1. The molecule has 1 saturated carbocycles. The smallest absolute Gasteiger partial charge is 0.124 e. The zero-order valence-electron chi connectivity index (χ0n) is 11.8. The van der Waals surface area contributed by atoms with Crippen LogP contribution in [0.25, 0.3) is 0 Å². The van der Waals surface area contributed by atoms with Gasteiger partial charge in [-0.25, -0.2) is 0 Å². The molecule has 0 amide bonds. The zero-order chi connectivity index (χ0) is 13.0. The van der Waals surface area contributed by atoms with E-state index >= 15 is 0 Å². The van der Waals surface area contributed by atoms with Crippen molar-refractivity contribution < 1.29 is 4.74 Å². The minimum absolute atomic E-state index is 0.389. The average molecular weight is 245 g/mol. The predicted octanol–water partition coefficient (Wildman–Crippen LogP) is 3.53. The molecular weight excluding hydrogens is 222 g/mol. The van der Waals surface area contributed by atoms with Gasteiger partial charge >= 0.3 is 0 Å². The number of hydrogen-bond donors (Lipinski definition) is 1. The Morgan fingerprint density at radius 1 is 1.11 bits per heavy atom. The van der Waals surface area contributed by atoms with Gasteiger partial charge in [0.15, 0.2) is 0 Å². The molecule has 1 fully saturated rings. The monoisotopic (exact) mass is 245 g/mol. The molecule has 2 nitrogen and oxygen atoms in total. The second-order valence-corrected chi connectivity index (χ2v) is 6.77. The molecule has 1 unspecified atom stereocenters. The maximum Gasteiger partial charge on any atom is 0.124 e. The summed E-state index contributed by atoms with van der Waals surface area (Å²) in [6.45, 7) is 10.2. The first-order valence-electron chi connectivity index (χ1n) is 6.92. The van der Waals surface area contributed by atoms with Crippen LogP contribution in [0.3, 0.4) is 0 Å². The number of rotatable bonds is 2. The van der Waals surface area contributed by atoms with E-state index in [1.54, 1.807) is 0 Å². The molecule has 2 heteroatoms.